The number of benzene rings is 2. The van der Waals surface area contributed by atoms with E-state index in [0.29, 0.717) is 18.8 Å². The van der Waals surface area contributed by atoms with Crippen molar-refractivity contribution in [1.29, 1.82) is 0 Å². The zero-order valence-corrected chi connectivity index (χ0v) is 16.8. The lowest BCUT2D eigenvalue weighted by Crippen LogP contribution is -2.18. The summed E-state index contributed by atoms with van der Waals surface area (Å²) >= 11 is 4.96. The molecule has 2 aromatic carbocycles. The van der Waals surface area contributed by atoms with Gasteiger partial charge in [-0.3, -0.25) is 0 Å². The molecule has 0 unspecified atom stereocenters. The van der Waals surface area contributed by atoms with Gasteiger partial charge in [-0.25, -0.2) is 4.99 Å². The minimum absolute atomic E-state index is 0.109. The number of hydrogen-bond acceptors (Lipinski definition) is 4. The van der Waals surface area contributed by atoms with Gasteiger partial charge in [-0.05, 0) is 42.0 Å². The van der Waals surface area contributed by atoms with Gasteiger partial charge in [0.05, 0.1) is 18.0 Å². The molecular formula is C19H17BrF2N2O2S. The molecule has 0 N–H and O–H groups in total. The highest BCUT2D eigenvalue weighted by Crippen LogP contribution is 2.24. The topological polar surface area (TPSA) is 35.8 Å². The lowest BCUT2D eigenvalue weighted by atomic mass is 10.2. The van der Waals surface area contributed by atoms with Crippen molar-refractivity contribution in [2.24, 2.45) is 4.99 Å². The molecule has 4 nitrogen and oxygen atoms in total. The van der Waals surface area contributed by atoms with E-state index >= 15 is 0 Å². The average molecular weight is 455 g/mol. The maximum atomic E-state index is 12.3. The van der Waals surface area contributed by atoms with Gasteiger partial charge in [-0.2, -0.15) is 8.78 Å². The quantitative estimate of drug-likeness (QED) is 0.475. The molecule has 0 bridgehead atoms. The summed E-state index contributed by atoms with van der Waals surface area (Å²) in [5, 5.41) is 2.05. The van der Waals surface area contributed by atoms with Crippen LogP contribution in [-0.2, 0) is 11.3 Å². The fraction of sp³-hybridized carbons (Fsp3) is 0.211. The average Bonchev–Trinajstić information content (AvgIpc) is 3.04. The van der Waals surface area contributed by atoms with Gasteiger partial charge >= 0.3 is 6.61 Å². The van der Waals surface area contributed by atoms with Crippen molar-refractivity contribution >= 4 is 33.0 Å². The van der Waals surface area contributed by atoms with Gasteiger partial charge in [0, 0.05) is 23.5 Å². The van der Waals surface area contributed by atoms with Crippen LogP contribution in [0.3, 0.4) is 0 Å². The number of methoxy groups -OCH3 is 1. The van der Waals surface area contributed by atoms with Gasteiger partial charge in [-0.15, -0.1) is 11.3 Å². The molecule has 0 fully saturated rings. The normalized spacial score (nSPS) is 12.0. The molecule has 1 heterocycles. The van der Waals surface area contributed by atoms with Crippen molar-refractivity contribution in [2.45, 2.75) is 13.2 Å². The summed E-state index contributed by atoms with van der Waals surface area (Å²) in [4.78, 5) is 5.45. The van der Waals surface area contributed by atoms with Crippen molar-refractivity contribution in [3.05, 3.63) is 63.2 Å². The largest absolute Gasteiger partial charge is 0.435 e. The highest BCUT2D eigenvalue weighted by Gasteiger charge is 2.09. The first kappa shape index (κ1) is 19.7. The summed E-state index contributed by atoms with van der Waals surface area (Å²) in [7, 11) is 1.66. The summed E-state index contributed by atoms with van der Waals surface area (Å²) in [5.41, 5.74) is 2.78. The van der Waals surface area contributed by atoms with Crippen LogP contribution in [0.1, 0.15) is 0 Å². The van der Waals surface area contributed by atoms with Crippen molar-refractivity contribution < 1.29 is 18.3 Å². The molecule has 0 radical (unpaired) electrons. The molecule has 0 spiro atoms. The van der Waals surface area contributed by atoms with E-state index in [1.165, 1.54) is 23.5 Å². The molecule has 8 heteroatoms. The molecule has 0 aliphatic rings. The Labute approximate surface area is 167 Å². The van der Waals surface area contributed by atoms with Gasteiger partial charge in [0.15, 0.2) is 4.80 Å². The molecule has 27 heavy (non-hydrogen) atoms. The standard InChI is InChI=1S/C19H17BrF2N2O2S/c1-25-11-10-24-17(13-2-4-14(20)5-3-13)12-27-19(24)23-15-6-8-16(9-7-15)26-18(21)22/h2-9,12,18H,10-11H2,1H3. The predicted molar refractivity (Wildman–Crippen MR) is 106 cm³/mol. The van der Waals surface area contributed by atoms with Crippen LogP contribution in [0.4, 0.5) is 14.5 Å². The van der Waals surface area contributed by atoms with E-state index in [4.69, 9.17) is 4.74 Å². The van der Waals surface area contributed by atoms with E-state index in [9.17, 15) is 8.78 Å². The Morgan fingerprint density at radius 2 is 1.81 bits per heavy atom. The number of alkyl halides is 2. The minimum Gasteiger partial charge on any atom is -0.435 e. The van der Waals surface area contributed by atoms with Gasteiger partial charge < -0.3 is 14.0 Å². The highest BCUT2D eigenvalue weighted by atomic mass is 79.9. The second-order valence-corrected chi connectivity index (χ2v) is 7.29. The zero-order chi connectivity index (χ0) is 19.2. The van der Waals surface area contributed by atoms with Crippen molar-refractivity contribution in [3.63, 3.8) is 0 Å². The number of nitrogens with zero attached hydrogens (tertiary/aromatic N) is 2. The van der Waals surface area contributed by atoms with Crippen LogP contribution in [-0.4, -0.2) is 24.9 Å². The monoisotopic (exact) mass is 454 g/mol. The number of aromatic nitrogens is 1. The lowest BCUT2D eigenvalue weighted by Gasteiger charge is -2.09. The molecule has 0 amide bonds. The third-order valence-corrected chi connectivity index (χ3v) is 5.14. The van der Waals surface area contributed by atoms with E-state index in [1.54, 1.807) is 19.2 Å². The number of thiazole rings is 1. The van der Waals surface area contributed by atoms with Crippen LogP contribution in [0.5, 0.6) is 5.75 Å². The van der Waals surface area contributed by atoms with Crippen molar-refractivity contribution in [3.8, 4) is 17.0 Å². The molecule has 142 valence electrons. The van der Waals surface area contributed by atoms with E-state index in [-0.39, 0.29) is 5.75 Å². The molecular weight excluding hydrogens is 438 g/mol. The number of rotatable bonds is 7. The molecule has 0 saturated heterocycles. The summed E-state index contributed by atoms with van der Waals surface area (Å²) in [6, 6.07) is 14.3. The summed E-state index contributed by atoms with van der Waals surface area (Å²) in [5.74, 6) is 0.109. The Bertz CT molecular complexity index is 938. The van der Waals surface area contributed by atoms with Crippen molar-refractivity contribution in [1.82, 2.24) is 4.57 Å². The minimum atomic E-state index is -2.84. The fourth-order valence-electron chi connectivity index (χ4n) is 2.48. The predicted octanol–water partition coefficient (Wildman–Crippen LogP) is 5.46. The third kappa shape index (κ3) is 5.24. The van der Waals surface area contributed by atoms with Crippen LogP contribution in [0, 0.1) is 0 Å². The molecule has 0 aliphatic carbocycles. The smallest absolute Gasteiger partial charge is 0.387 e. The molecule has 0 aliphatic heterocycles. The van der Waals surface area contributed by atoms with Crippen LogP contribution < -0.4 is 9.54 Å². The first-order chi connectivity index (χ1) is 13.1. The van der Waals surface area contributed by atoms with Crippen molar-refractivity contribution in [2.75, 3.05) is 13.7 Å². The first-order valence-corrected chi connectivity index (χ1v) is 9.77. The lowest BCUT2D eigenvalue weighted by molar-refractivity contribution is -0.0498. The molecule has 3 rings (SSSR count). The van der Waals surface area contributed by atoms with E-state index < -0.39 is 6.61 Å². The molecule has 1 aromatic heterocycles. The van der Waals surface area contributed by atoms with Gasteiger partial charge in [0.25, 0.3) is 0 Å². The van der Waals surface area contributed by atoms with Crippen LogP contribution >= 0.6 is 27.3 Å². The van der Waals surface area contributed by atoms with Crippen LogP contribution in [0.2, 0.25) is 0 Å². The Hall–Kier alpha value is -2.03. The Morgan fingerprint density at radius 1 is 1.11 bits per heavy atom. The molecule has 0 saturated carbocycles. The highest BCUT2D eigenvalue weighted by molar-refractivity contribution is 9.10. The maximum Gasteiger partial charge on any atom is 0.387 e. The number of hydrogen-bond donors (Lipinski definition) is 0. The van der Waals surface area contributed by atoms with E-state index in [2.05, 4.69) is 30.2 Å². The van der Waals surface area contributed by atoms with Gasteiger partial charge in [0.2, 0.25) is 0 Å². The SMILES string of the molecule is COCCn1c(-c2ccc(Br)cc2)csc1=Nc1ccc(OC(F)F)cc1. The van der Waals surface area contributed by atoms with E-state index in [1.807, 2.05) is 29.6 Å². The van der Waals surface area contributed by atoms with Crippen LogP contribution in [0.15, 0.2) is 63.4 Å². The summed E-state index contributed by atoms with van der Waals surface area (Å²) in [6.45, 7) is -1.64. The fourth-order valence-corrected chi connectivity index (χ4v) is 3.70. The Morgan fingerprint density at radius 3 is 2.44 bits per heavy atom. The van der Waals surface area contributed by atoms with E-state index in [0.717, 1.165) is 20.5 Å². The second kappa shape index (κ2) is 9.25. The maximum absolute atomic E-state index is 12.3. The summed E-state index contributed by atoms with van der Waals surface area (Å²) in [6.07, 6.45) is 0. The first-order valence-electron chi connectivity index (χ1n) is 8.09. The zero-order valence-electron chi connectivity index (χ0n) is 14.4. The number of halogens is 3. The van der Waals surface area contributed by atoms with Gasteiger partial charge in [-0.1, -0.05) is 28.1 Å². The van der Waals surface area contributed by atoms with Crippen LogP contribution in [0.25, 0.3) is 11.3 Å². The molecule has 3 aromatic rings. The summed E-state index contributed by atoms with van der Waals surface area (Å²) < 4.78 is 37.2. The third-order valence-electron chi connectivity index (χ3n) is 3.74. The number of ether oxygens (including phenoxy) is 2. The Kier molecular flexibility index (Phi) is 6.76. The Balaban J connectivity index is 1.96. The van der Waals surface area contributed by atoms with Gasteiger partial charge in [0.1, 0.15) is 5.75 Å². The second-order valence-electron chi connectivity index (χ2n) is 5.54. The molecule has 0 atom stereocenters.